The number of carbonyl (C=O) groups is 1. The number of rotatable bonds is 3. The summed E-state index contributed by atoms with van der Waals surface area (Å²) in [6.45, 7) is 5.69. The van der Waals surface area contributed by atoms with Crippen LogP contribution in [0, 0.1) is 12.3 Å². The van der Waals surface area contributed by atoms with E-state index in [0.29, 0.717) is 5.56 Å². The lowest BCUT2D eigenvalue weighted by Crippen LogP contribution is -2.44. The molecule has 0 spiro atoms. The molecule has 106 valence electrons. The molecule has 5 nitrogen and oxygen atoms in total. The molecule has 0 aromatic carbocycles. The fraction of sp³-hybridized carbons (Fsp3) is 0.714. The monoisotopic (exact) mass is 265 g/mol. The Morgan fingerprint density at radius 3 is 2.53 bits per heavy atom. The van der Waals surface area contributed by atoms with Crippen molar-refractivity contribution in [3.63, 3.8) is 0 Å². The van der Waals surface area contributed by atoms with Crippen molar-refractivity contribution in [3.05, 3.63) is 17.5 Å². The number of amides is 1. The Labute approximate surface area is 114 Å². The maximum Gasteiger partial charge on any atom is 0.257 e. The van der Waals surface area contributed by atoms with Crippen LogP contribution in [0.5, 0.6) is 0 Å². The Morgan fingerprint density at radius 1 is 1.47 bits per heavy atom. The maximum atomic E-state index is 12.4. The minimum atomic E-state index is 0.0146. The first-order chi connectivity index (χ1) is 9.03. The Hall–Kier alpha value is -1.36. The zero-order chi connectivity index (χ0) is 14.0. The topological polar surface area (TPSA) is 58.4 Å². The van der Waals surface area contributed by atoms with Gasteiger partial charge in [-0.2, -0.15) is 5.10 Å². The van der Waals surface area contributed by atoms with E-state index in [2.05, 4.69) is 12.0 Å². The largest absolute Gasteiger partial charge is 0.396 e. The van der Waals surface area contributed by atoms with E-state index < -0.39 is 0 Å². The predicted octanol–water partition coefficient (Wildman–Crippen LogP) is 1.35. The van der Waals surface area contributed by atoms with Crippen LogP contribution in [0.15, 0.2) is 6.20 Å². The van der Waals surface area contributed by atoms with Crippen LogP contribution in [0.2, 0.25) is 0 Å². The van der Waals surface area contributed by atoms with E-state index in [1.54, 1.807) is 10.9 Å². The zero-order valence-electron chi connectivity index (χ0n) is 12.0. The number of aliphatic hydroxyl groups is 1. The second kappa shape index (κ2) is 5.33. The molecule has 1 saturated heterocycles. The summed E-state index contributed by atoms with van der Waals surface area (Å²) >= 11 is 0. The van der Waals surface area contributed by atoms with E-state index in [9.17, 15) is 9.90 Å². The van der Waals surface area contributed by atoms with Gasteiger partial charge in [-0.1, -0.05) is 6.92 Å². The second-order valence-electron chi connectivity index (χ2n) is 5.57. The molecule has 1 fully saturated rings. The number of likely N-dealkylation sites (tertiary alicyclic amines) is 1. The fourth-order valence-electron chi connectivity index (χ4n) is 2.69. The van der Waals surface area contributed by atoms with E-state index in [-0.39, 0.29) is 17.9 Å². The number of aromatic nitrogens is 2. The lowest BCUT2D eigenvalue weighted by Gasteiger charge is -2.40. The van der Waals surface area contributed by atoms with Gasteiger partial charge in [0.15, 0.2) is 0 Å². The molecule has 0 saturated carbocycles. The van der Waals surface area contributed by atoms with Crippen molar-refractivity contribution in [2.24, 2.45) is 12.5 Å². The van der Waals surface area contributed by atoms with Crippen molar-refractivity contribution in [1.29, 1.82) is 0 Å². The third-order valence-corrected chi connectivity index (χ3v) is 4.66. The average Bonchev–Trinajstić information content (AvgIpc) is 2.78. The Balaban J connectivity index is 2.06. The van der Waals surface area contributed by atoms with Crippen LogP contribution in [-0.2, 0) is 7.05 Å². The molecular weight excluding hydrogens is 242 g/mol. The molecule has 0 aliphatic carbocycles. The first-order valence-electron chi connectivity index (χ1n) is 6.92. The van der Waals surface area contributed by atoms with E-state index in [1.165, 1.54) is 0 Å². The quantitative estimate of drug-likeness (QED) is 0.897. The van der Waals surface area contributed by atoms with Gasteiger partial charge in [0, 0.05) is 32.4 Å². The van der Waals surface area contributed by atoms with Gasteiger partial charge < -0.3 is 10.0 Å². The van der Waals surface area contributed by atoms with E-state index in [4.69, 9.17) is 0 Å². The van der Waals surface area contributed by atoms with E-state index >= 15 is 0 Å². The molecule has 0 unspecified atom stereocenters. The van der Waals surface area contributed by atoms with Gasteiger partial charge >= 0.3 is 0 Å². The van der Waals surface area contributed by atoms with Crippen LogP contribution < -0.4 is 0 Å². The molecule has 0 atom stereocenters. The van der Waals surface area contributed by atoms with Crippen molar-refractivity contribution in [1.82, 2.24) is 14.7 Å². The highest BCUT2D eigenvalue weighted by atomic mass is 16.3. The van der Waals surface area contributed by atoms with Crippen molar-refractivity contribution in [2.75, 3.05) is 19.7 Å². The predicted molar refractivity (Wildman–Crippen MR) is 72.9 cm³/mol. The van der Waals surface area contributed by atoms with Crippen LogP contribution in [0.1, 0.15) is 42.2 Å². The van der Waals surface area contributed by atoms with Crippen molar-refractivity contribution >= 4 is 5.91 Å². The summed E-state index contributed by atoms with van der Waals surface area (Å²) in [5.41, 5.74) is 1.61. The van der Waals surface area contributed by atoms with Crippen LogP contribution in [0.3, 0.4) is 0 Å². The molecule has 1 amide bonds. The first kappa shape index (κ1) is 14.1. The van der Waals surface area contributed by atoms with Crippen LogP contribution in [0.25, 0.3) is 0 Å². The smallest absolute Gasteiger partial charge is 0.257 e. The number of nitrogens with zero attached hydrogens (tertiary/aromatic N) is 3. The van der Waals surface area contributed by atoms with Gasteiger partial charge in [-0.25, -0.2) is 0 Å². The van der Waals surface area contributed by atoms with Gasteiger partial charge in [0.25, 0.3) is 5.91 Å². The van der Waals surface area contributed by atoms with Gasteiger partial charge in [0.05, 0.1) is 11.8 Å². The molecule has 2 rings (SSSR count). The molecule has 0 radical (unpaired) electrons. The average molecular weight is 265 g/mol. The molecular formula is C14H23N3O2. The number of carbonyl (C=O) groups excluding carboxylic acids is 1. The number of hydrogen-bond donors (Lipinski definition) is 1. The minimum absolute atomic E-state index is 0.0146. The number of piperidine rings is 1. The molecule has 1 aromatic rings. The summed E-state index contributed by atoms with van der Waals surface area (Å²) in [5.74, 6) is 0.0632. The molecule has 2 heterocycles. The zero-order valence-corrected chi connectivity index (χ0v) is 12.0. The standard InChI is InChI=1S/C14H23N3O2/c1-4-14(10-18)5-7-17(8-6-14)13(19)12-9-15-16(3)11(12)2/h9,18H,4-8,10H2,1-3H3. The van der Waals surface area contributed by atoms with Gasteiger partial charge in [-0.3, -0.25) is 9.48 Å². The Kier molecular flexibility index (Phi) is 3.94. The van der Waals surface area contributed by atoms with Gasteiger partial charge in [0.1, 0.15) is 0 Å². The number of aryl methyl sites for hydroxylation is 1. The summed E-state index contributed by atoms with van der Waals surface area (Å²) < 4.78 is 1.72. The summed E-state index contributed by atoms with van der Waals surface area (Å²) in [6, 6.07) is 0. The summed E-state index contributed by atoms with van der Waals surface area (Å²) in [6.07, 6.45) is 4.37. The van der Waals surface area contributed by atoms with Crippen molar-refractivity contribution in [2.45, 2.75) is 33.1 Å². The van der Waals surface area contributed by atoms with Crippen molar-refractivity contribution in [3.8, 4) is 0 Å². The van der Waals surface area contributed by atoms with Crippen molar-refractivity contribution < 1.29 is 9.90 Å². The fourth-order valence-corrected chi connectivity index (χ4v) is 2.69. The van der Waals surface area contributed by atoms with E-state index in [0.717, 1.165) is 38.0 Å². The third kappa shape index (κ3) is 2.52. The molecule has 1 aliphatic rings. The molecule has 1 aromatic heterocycles. The molecule has 5 heteroatoms. The van der Waals surface area contributed by atoms with Gasteiger partial charge in [-0.15, -0.1) is 0 Å². The third-order valence-electron chi connectivity index (χ3n) is 4.66. The lowest BCUT2D eigenvalue weighted by molar-refractivity contribution is 0.0337. The minimum Gasteiger partial charge on any atom is -0.396 e. The Bertz CT molecular complexity index is 453. The van der Waals surface area contributed by atoms with Crippen LogP contribution in [-0.4, -0.2) is 45.4 Å². The van der Waals surface area contributed by atoms with Gasteiger partial charge in [0.2, 0.25) is 0 Å². The Morgan fingerprint density at radius 2 is 2.11 bits per heavy atom. The normalized spacial score (nSPS) is 18.6. The highest BCUT2D eigenvalue weighted by molar-refractivity contribution is 5.95. The molecule has 1 aliphatic heterocycles. The molecule has 0 bridgehead atoms. The summed E-state index contributed by atoms with van der Waals surface area (Å²) in [4.78, 5) is 14.3. The summed E-state index contributed by atoms with van der Waals surface area (Å²) in [7, 11) is 1.84. The number of aliphatic hydroxyl groups excluding tert-OH is 1. The number of hydrogen-bond acceptors (Lipinski definition) is 3. The van der Waals surface area contributed by atoms with E-state index in [1.807, 2.05) is 18.9 Å². The molecule has 1 N–H and O–H groups in total. The lowest BCUT2D eigenvalue weighted by atomic mass is 9.77. The SMILES string of the molecule is CCC1(CO)CCN(C(=O)c2cnn(C)c2C)CC1. The highest BCUT2D eigenvalue weighted by Gasteiger charge is 2.34. The first-order valence-corrected chi connectivity index (χ1v) is 6.92. The maximum absolute atomic E-state index is 12.4. The van der Waals surface area contributed by atoms with Crippen LogP contribution >= 0.6 is 0 Å². The highest BCUT2D eigenvalue weighted by Crippen LogP contribution is 2.34. The molecule has 19 heavy (non-hydrogen) atoms. The van der Waals surface area contributed by atoms with Gasteiger partial charge in [-0.05, 0) is 31.6 Å². The second-order valence-corrected chi connectivity index (χ2v) is 5.57. The van der Waals surface area contributed by atoms with Crippen LogP contribution in [0.4, 0.5) is 0 Å². The summed E-state index contributed by atoms with van der Waals surface area (Å²) in [5, 5.41) is 13.6.